The maximum absolute atomic E-state index is 6.39. The second-order valence-electron chi connectivity index (χ2n) is 16.6. The minimum atomic E-state index is -1.86. The predicted octanol–water partition coefficient (Wildman–Crippen LogP) is 13.2. The number of pyridine rings is 3. The van der Waals surface area contributed by atoms with Crippen LogP contribution in [0.25, 0.3) is 67.0 Å². The van der Waals surface area contributed by atoms with Gasteiger partial charge in [0.25, 0.3) is 0 Å². The van der Waals surface area contributed by atoms with Crippen molar-refractivity contribution >= 4 is 39.7 Å². The van der Waals surface area contributed by atoms with E-state index in [1.165, 1.54) is 33.4 Å². The van der Waals surface area contributed by atoms with Crippen LogP contribution in [-0.4, -0.2) is 28.2 Å². The van der Waals surface area contributed by atoms with Gasteiger partial charge in [0.1, 0.15) is 0 Å². The standard InChI is InChI=1S/C33H27N2O.C18H24GeN.Ir/c1-20(2)24-15-16-34-30(19-24)28-12-8-11-26-27-13-14-29(35-33(27)36-32(26)28)31-21(3)17-25(18-22(31)4)23-9-6-5-7-10-23;1-14(2)11-16-12-18(15-9-7-6-8-10-15)20-13-17(16)19(3,4)5;/h5-11,13-20H,1-4H3;6-9,12-14H,11H2,1-5H3;/q2*-1;. The van der Waals surface area contributed by atoms with E-state index in [0.717, 1.165) is 56.5 Å². The van der Waals surface area contributed by atoms with E-state index in [1.807, 2.05) is 42.6 Å². The van der Waals surface area contributed by atoms with Gasteiger partial charge in [-0.15, -0.1) is 18.2 Å². The summed E-state index contributed by atoms with van der Waals surface area (Å²) in [5, 5.41) is 2.03. The van der Waals surface area contributed by atoms with Crippen LogP contribution in [0.4, 0.5) is 0 Å². The Balaban J connectivity index is 0.000000223. The molecule has 0 atom stereocenters. The van der Waals surface area contributed by atoms with Gasteiger partial charge in [-0.1, -0.05) is 78.9 Å². The van der Waals surface area contributed by atoms with Gasteiger partial charge in [0.05, 0.1) is 11.3 Å². The molecule has 0 unspecified atom stereocenters. The van der Waals surface area contributed by atoms with Crippen molar-refractivity contribution in [2.45, 2.75) is 71.1 Å². The van der Waals surface area contributed by atoms with E-state index in [-0.39, 0.29) is 20.1 Å². The van der Waals surface area contributed by atoms with Crippen molar-refractivity contribution in [3.05, 3.63) is 156 Å². The molecule has 291 valence electrons. The number of fused-ring (bicyclic) bond motifs is 3. The summed E-state index contributed by atoms with van der Waals surface area (Å²) in [6.07, 6.45) is 5.13. The Morgan fingerprint density at radius 3 is 2.09 bits per heavy atom. The number of benzene rings is 4. The maximum Gasteiger partial charge on any atom is 0.216 e. The number of rotatable bonds is 8. The summed E-state index contributed by atoms with van der Waals surface area (Å²) < 4.78 is 7.93. The summed E-state index contributed by atoms with van der Waals surface area (Å²) >= 11 is -1.86. The minimum Gasteiger partial charge on any atom is -0.486 e. The third-order valence-corrected chi connectivity index (χ3v) is 14.6. The number of furan rings is 1. The SMILES string of the molecule is CC(C)Cc1cc(-c2[c-]cccc2)nc[c]1[Ge]([CH3])([CH3])[CH3].Cc1cc(-c2ccccc2)cc(C)c1-c1ccc2c(n1)oc1c(-c3cc(C(C)C)ccn3)[c-]ccc12.[Ir]. The zero-order chi connectivity index (χ0) is 39.6. The molecule has 4 aromatic heterocycles. The molecule has 4 nitrogen and oxygen atoms in total. The Labute approximate surface area is 354 Å². The van der Waals surface area contributed by atoms with Gasteiger partial charge >= 0.3 is 126 Å². The van der Waals surface area contributed by atoms with Crippen molar-refractivity contribution < 1.29 is 24.5 Å². The van der Waals surface area contributed by atoms with Crippen molar-refractivity contribution in [3.63, 3.8) is 0 Å². The van der Waals surface area contributed by atoms with E-state index in [9.17, 15) is 0 Å². The van der Waals surface area contributed by atoms with Crippen LogP contribution in [0.15, 0.2) is 126 Å². The number of aryl methyl sites for hydroxylation is 2. The topological polar surface area (TPSA) is 51.8 Å². The summed E-state index contributed by atoms with van der Waals surface area (Å²) in [6, 6.07) is 44.4. The third kappa shape index (κ3) is 9.39. The van der Waals surface area contributed by atoms with E-state index in [1.54, 1.807) is 4.40 Å². The van der Waals surface area contributed by atoms with Crippen LogP contribution in [0.3, 0.4) is 0 Å². The van der Waals surface area contributed by atoms with Crippen LogP contribution in [0, 0.1) is 31.9 Å². The van der Waals surface area contributed by atoms with Gasteiger partial charge in [0, 0.05) is 37.3 Å². The van der Waals surface area contributed by atoms with Gasteiger partial charge in [-0.2, -0.15) is 0 Å². The Morgan fingerprint density at radius 1 is 0.684 bits per heavy atom. The molecule has 8 aromatic rings. The Kier molecular flexibility index (Phi) is 13.1. The quantitative estimate of drug-likeness (QED) is 0.112. The largest absolute Gasteiger partial charge is 0.486 e. The zero-order valence-electron chi connectivity index (χ0n) is 34.5. The van der Waals surface area contributed by atoms with E-state index in [0.29, 0.717) is 17.5 Å². The van der Waals surface area contributed by atoms with E-state index in [4.69, 9.17) is 14.4 Å². The first-order chi connectivity index (χ1) is 26.9. The summed E-state index contributed by atoms with van der Waals surface area (Å²) in [7, 11) is 0. The third-order valence-electron chi connectivity index (χ3n) is 10.3. The van der Waals surface area contributed by atoms with Crippen molar-refractivity contribution in [2.75, 3.05) is 0 Å². The normalized spacial score (nSPS) is 11.5. The molecule has 0 bridgehead atoms. The van der Waals surface area contributed by atoms with Gasteiger partial charge in [-0.25, -0.2) is 4.98 Å². The van der Waals surface area contributed by atoms with Gasteiger partial charge in [-0.3, -0.25) is 0 Å². The van der Waals surface area contributed by atoms with E-state index >= 15 is 0 Å². The van der Waals surface area contributed by atoms with Crippen LogP contribution >= 0.6 is 0 Å². The molecule has 8 rings (SSSR count). The molecule has 0 aliphatic carbocycles. The molecule has 0 saturated carbocycles. The van der Waals surface area contributed by atoms with Crippen LogP contribution in [0.5, 0.6) is 0 Å². The summed E-state index contributed by atoms with van der Waals surface area (Å²) in [6.45, 7) is 13.3. The van der Waals surface area contributed by atoms with Gasteiger partial charge < -0.3 is 9.40 Å². The number of nitrogens with zero attached hydrogens (tertiary/aromatic N) is 3. The average molecular weight is 987 g/mol. The fourth-order valence-electron chi connectivity index (χ4n) is 7.54. The molecular formula is C51H51GeIrN3O-2. The first-order valence-corrected chi connectivity index (χ1v) is 27.1. The average Bonchev–Trinajstić information content (AvgIpc) is 3.56. The van der Waals surface area contributed by atoms with Crippen LogP contribution in [0.1, 0.15) is 55.9 Å². The molecule has 6 heteroatoms. The second kappa shape index (κ2) is 17.9. The molecule has 0 fully saturated rings. The fraction of sp³-hybridized carbons (Fsp3) is 0.235. The predicted molar refractivity (Wildman–Crippen MR) is 238 cm³/mol. The van der Waals surface area contributed by atoms with Crippen LogP contribution < -0.4 is 4.40 Å². The minimum absolute atomic E-state index is 0. The summed E-state index contributed by atoms with van der Waals surface area (Å²) in [5.74, 6) is 8.42. The number of aromatic nitrogens is 3. The van der Waals surface area contributed by atoms with Gasteiger partial charge in [-0.05, 0) is 65.9 Å². The number of hydrogen-bond acceptors (Lipinski definition) is 4. The van der Waals surface area contributed by atoms with E-state index < -0.39 is 13.3 Å². The molecule has 4 aromatic carbocycles. The molecule has 0 N–H and O–H groups in total. The Bertz CT molecular complexity index is 2600. The maximum atomic E-state index is 6.39. The molecule has 4 heterocycles. The first-order valence-electron chi connectivity index (χ1n) is 19.7. The zero-order valence-corrected chi connectivity index (χ0v) is 39.0. The first kappa shape index (κ1) is 41.9. The Morgan fingerprint density at radius 2 is 1.42 bits per heavy atom. The Hall–Kier alpha value is -4.68. The fourth-order valence-corrected chi connectivity index (χ4v) is 10.9. The molecule has 0 spiro atoms. The molecule has 57 heavy (non-hydrogen) atoms. The molecule has 0 aliphatic heterocycles. The van der Waals surface area contributed by atoms with Crippen LogP contribution in [-0.2, 0) is 26.5 Å². The number of hydrogen-bond donors (Lipinski definition) is 0. The van der Waals surface area contributed by atoms with Crippen molar-refractivity contribution in [3.8, 4) is 44.9 Å². The van der Waals surface area contributed by atoms with Crippen LogP contribution in [0.2, 0.25) is 17.3 Å². The molecule has 1 radical (unpaired) electrons. The van der Waals surface area contributed by atoms with Crippen molar-refractivity contribution in [1.82, 2.24) is 15.0 Å². The van der Waals surface area contributed by atoms with Crippen molar-refractivity contribution in [1.29, 1.82) is 0 Å². The van der Waals surface area contributed by atoms with E-state index in [2.05, 4.69) is 155 Å². The van der Waals surface area contributed by atoms with Gasteiger partial charge in [0.2, 0.25) is 5.71 Å². The second-order valence-corrected chi connectivity index (χ2v) is 27.1. The summed E-state index contributed by atoms with van der Waals surface area (Å²) in [4.78, 5) is 14.3. The summed E-state index contributed by atoms with van der Waals surface area (Å²) in [5.41, 5.74) is 14.9. The molecular weight excluding hydrogens is 935 g/mol. The van der Waals surface area contributed by atoms with Crippen molar-refractivity contribution in [2.24, 2.45) is 5.92 Å². The monoisotopic (exact) mass is 988 g/mol. The molecule has 0 amide bonds. The van der Waals surface area contributed by atoms with Gasteiger partial charge in [0.15, 0.2) is 0 Å². The molecule has 0 aliphatic rings. The smallest absolute Gasteiger partial charge is 0.216 e. The molecule has 0 saturated heterocycles.